The normalized spacial score (nSPS) is 14.3. The molecule has 0 saturated carbocycles. The number of rotatable bonds is 7. The van der Waals surface area contributed by atoms with Crippen molar-refractivity contribution in [1.29, 1.82) is 0 Å². The van der Waals surface area contributed by atoms with Crippen LogP contribution in [0.1, 0.15) is 24.9 Å². The molecule has 0 aliphatic heterocycles. The summed E-state index contributed by atoms with van der Waals surface area (Å²) in [5.74, 6) is 1.49. The van der Waals surface area contributed by atoms with Crippen molar-refractivity contribution in [3.8, 4) is 5.75 Å². The van der Waals surface area contributed by atoms with Crippen molar-refractivity contribution in [2.45, 2.75) is 19.4 Å². The molecule has 17 heavy (non-hydrogen) atoms. The van der Waals surface area contributed by atoms with Gasteiger partial charge in [0, 0.05) is 28.9 Å². The molecule has 0 saturated heterocycles. The molecule has 0 fully saturated rings. The van der Waals surface area contributed by atoms with Gasteiger partial charge in [0.25, 0.3) is 0 Å². The fraction of sp³-hybridized carbons (Fsp3) is 0.538. The van der Waals surface area contributed by atoms with Crippen molar-refractivity contribution in [3.63, 3.8) is 0 Å². The maximum Gasteiger partial charge on any atom is 0.118 e. The Kier molecular flexibility index (Phi) is 6.22. The van der Waals surface area contributed by atoms with Crippen LogP contribution in [0.5, 0.6) is 5.75 Å². The van der Waals surface area contributed by atoms with Gasteiger partial charge in [-0.05, 0) is 30.7 Å². The third kappa shape index (κ3) is 4.88. The lowest BCUT2D eigenvalue weighted by Gasteiger charge is -2.18. The van der Waals surface area contributed by atoms with Crippen LogP contribution in [0, 0.1) is 0 Å². The van der Waals surface area contributed by atoms with Gasteiger partial charge in [0.15, 0.2) is 0 Å². The summed E-state index contributed by atoms with van der Waals surface area (Å²) in [5, 5.41) is 3.42. The number of nitrogens with one attached hydrogen (secondary N) is 1. The zero-order valence-corrected chi connectivity index (χ0v) is 11.5. The molecule has 4 heteroatoms. The summed E-state index contributed by atoms with van der Waals surface area (Å²) in [4.78, 5) is 0. The molecule has 1 rings (SSSR count). The minimum atomic E-state index is -0.800. The first-order valence-electron chi connectivity index (χ1n) is 5.84. The lowest BCUT2D eigenvalue weighted by Crippen LogP contribution is -2.26. The monoisotopic (exact) mass is 255 g/mol. The molecule has 96 valence electrons. The van der Waals surface area contributed by atoms with Crippen LogP contribution >= 0.6 is 0 Å². The van der Waals surface area contributed by atoms with Crippen LogP contribution < -0.4 is 10.1 Å². The van der Waals surface area contributed by atoms with Gasteiger partial charge >= 0.3 is 0 Å². The second-order valence-corrected chi connectivity index (χ2v) is 5.50. The summed E-state index contributed by atoms with van der Waals surface area (Å²) < 4.78 is 16.5. The fourth-order valence-corrected chi connectivity index (χ4v) is 2.44. The SMILES string of the molecule is CCCNC(CS(C)=O)c1ccc(OC)cc1. The Balaban J connectivity index is 2.75. The molecular formula is C13H21NO2S. The van der Waals surface area contributed by atoms with Crippen molar-refractivity contribution in [2.75, 3.05) is 25.7 Å². The molecule has 0 radical (unpaired) electrons. The van der Waals surface area contributed by atoms with Crippen molar-refractivity contribution >= 4 is 10.8 Å². The molecule has 1 N–H and O–H groups in total. The van der Waals surface area contributed by atoms with E-state index in [9.17, 15) is 4.21 Å². The molecule has 2 atom stereocenters. The van der Waals surface area contributed by atoms with Gasteiger partial charge in [-0.25, -0.2) is 0 Å². The fourth-order valence-electron chi connectivity index (χ4n) is 1.66. The molecule has 1 aromatic rings. The highest BCUT2D eigenvalue weighted by Gasteiger charge is 2.12. The third-order valence-electron chi connectivity index (χ3n) is 2.56. The maximum absolute atomic E-state index is 11.4. The van der Waals surface area contributed by atoms with Crippen LogP contribution in [0.4, 0.5) is 0 Å². The van der Waals surface area contributed by atoms with Gasteiger partial charge in [-0.1, -0.05) is 19.1 Å². The zero-order chi connectivity index (χ0) is 12.7. The van der Waals surface area contributed by atoms with E-state index in [1.165, 1.54) is 0 Å². The van der Waals surface area contributed by atoms with Gasteiger partial charge in [0.1, 0.15) is 5.75 Å². The van der Waals surface area contributed by atoms with E-state index in [-0.39, 0.29) is 6.04 Å². The van der Waals surface area contributed by atoms with Gasteiger partial charge in [0.2, 0.25) is 0 Å². The smallest absolute Gasteiger partial charge is 0.118 e. The highest BCUT2D eigenvalue weighted by atomic mass is 32.2. The van der Waals surface area contributed by atoms with Crippen LogP contribution in [0.2, 0.25) is 0 Å². The molecule has 0 aromatic heterocycles. The number of benzene rings is 1. The molecule has 0 aliphatic rings. The summed E-state index contributed by atoms with van der Waals surface area (Å²) in [6.07, 6.45) is 2.81. The Labute approximate surface area is 106 Å². The van der Waals surface area contributed by atoms with E-state index >= 15 is 0 Å². The quantitative estimate of drug-likeness (QED) is 0.811. The molecular weight excluding hydrogens is 234 g/mol. The summed E-state index contributed by atoms with van der Waals surface area (Å²) in [6, 6.07) is 8.09. The summed E-state index contributed by atoms with van der Waals surface area (Å²) in [6.45, 7) is 3.06. The minimum Gasteiger partial charge on any atom is -0.497 e. The van der Waals surface area contributed by atoms with Crippen LogP contribution in [-0.2, 0) is 10.8 Å². The third-order valence-corrected chi connectivity index (χ3v) is 3.36. The Morgan fingerprint density at radius 2 is 2.00 bits per heavy atom. The molecule has 0 aliphatic carbocycles. The van der Waals surface area contributed by atoms with Gasteiger partial charge < -0.3 is 10.1 Å². The van der Waals surface area contributed by atoms with E-state index in [1.807, 2.05) is 24.3 Å². The van der Waals surface area contributed by atoms with E-state index in [4.69, 9.17) is 4.74 Å². The topological polar surface area (TPSA) is 38.3 Å². The predicted molar refractivity (Wildman–Crippen MR) is 73.0 cm³/mol. The Morgan fingerprint density at radius 1 is 1.35 bits per heavy atom. The van der Waals surface area contributed by atoms with E-state index in [0.717, 1.165) is 24.3 Å². The number of hydrogen-bond acceptors (Lipinski definition) is 3. The van der Waals surface area contributed by atoms with Gasteiger partial charge in [-0.2, -0.15) is 0 Å². The Hall–Kier alpha value is -0.870. The van der Waals surface area contributed by atoms with E-state index in [0.29, 0.717) is 5.75 Å². The second-order valence-electron chi connectivity index (χ2n) is 4.02. The highest BCUT2D eigenvalue weighted by molar-refractivity contribution is 7.84. The molecule has 2 unspecified atom stereocenters. The minimum absolute atomic E-state index is 0.159. The molecule has 1 aromatic carbocycles. The first-order valence-corrected chi connectivity index (χ1v) is 7.57. The van der Waals surface area contributed by atoms with Crippen molar-refractivity contribution in [3.05, 3.63) is 29.8 Å². The summed E-state index contributed by atoms with van der Waals surface area (Å²) in [5.41, 5.74) is 1.16. The zero-order valence-electron chi connectivity index (χ0n) is 10.7. The van der Waals surface area contributed by atoms with Gasteiger partial charge in [-0.15, -0.1) is 0 Å². The average Bonchev–Trinajstić information content (AvgIpc) is 2.34. The second kappa shape index (κ2) is 7.45. The van der Waals surface area contributed by atoms with Crippen LogP contribution in [-0.4, -0.2) is 29.9 Å². The lowest BCUT2D eigenvalue weighted by atomic mass is 10.1. The number of ether oxygens (including phenoxy) is 1. The van der Waals surface area contributed by atoms with Gasteiger partial charge in [0.05, 0.1) is 7.11 Å². The van der Waals surface area contributed by atoms with Crippen molar-refractivity contribution < 1.29 is 8.95 Å². The summed E-state index contributed by atoms with van der Waals surface area (Å²) in [7, 11) is 0.855. The highest BCUT2D eigenvalue weighted by Crippen LogP contribution is 2.18. The first-order chi connectivity index (χ1) is 8.17. The predicted octanol–water partition coefficient (Wildman–Crippen LogP) is 2.11. The molecule has 0 amide bonds. The van der Waals surface area contributed by atoms with E-state index in [1.54, 1.807) is 13.4 Å². The molecule has 0 bridgehead atoms. The molecule has 0 heterocycles. The average molecular weight is 255 g/mol. The van der Waals surface area contributed by atoms with E-state index < -0.39 is 10.8 Å². The van der Waals surface area contributed by atoms with Crippen molar-refractivity contribution in [1.82, 2.24) is 5.32 Å². The number of hydrogen-bond donors (Lipinski definition) is 1. The molecule has 0 spiro atoms. The lowest BCUT2D eigenvalue weighted by molar-refractivity contribution is 0.414. The standard InChI is InChI=1S/C13H21NO2S/c1-4-9-14-13(10-17(3)15)11-5-7-12(16-2)8-6-11/h5-8,13-14H,4,9-10H2,1-3H3. The Morgan fingerprint density at radius 3 is 2.47 bits per heavy atom. The summed E-state index contributed by atoms with van der Waals surface area (Å²) >= 11 is 0. The Bertz CT molecular complexity index is 351. The van der Waals surface area contributed by atoms with Crippen LogP contribution in [0.15, 0.2) is 24.3 Å². The van der Waals surface area contributed by atoms with Crippen molar-refractivity contribution in [2.24, 2.45) is 0 Å². The van der Waals surface area contributed by atoms with Crippen LogP contribution in [0.25, 0.3) is 0 Å². The largest absolute Gasteiger partial charge is 0.497 e. The van der Waals surface area contributed by atoms with E-state index in [2.05, 4.69) is 12.2 Å². The van der Waals surface area contributed by atoms with Gasteiger partial charge in [-0.3, -0.25) is 4.21 Å². The first kappa shape index (κ1) is 14.2. The number of methoxy groups -OCH3 is 1. The molecule has 3 nitrogen and oxygen atoms in total. The van der Waals surface area contributed by atoms with Crippen LogP contribution in [0.3, 0.4) is 0 Å². The maximum atomic E-state index is 11.4.